The maximum Gasteiger partial charge on any atom is 0.316 e. The summed E-state index contributed by atoms with van der Waals surface area (Å²) in [6.45, 7) is 4.64. The minimum atomic E-state index is 0. The fourth-order valence-electron chi connectivity index (χ4n) is 0.833. The second-order valence-corrected chi connectivity index (χ2v) is 2.25. The number of aliphatic hydroxyl groups is 1. The Bertz CT molecular complexity index is 44.2. The molecule has 0 aromatic carbocycles. The first kappa shape index (κ1) is 12.4. The van der Waals surface area contributed by atoms with Crippen LogP contribution in [0.5, 0.6) is 0 Å². The summed E-state index contributed by atoms with van der Waals surface area (Å²) in [6, 6.07) is 0. The van der Waals surface area contributed by atoms with Crippen molar-refractivity contribution in [2.45, 2.75) is 33.1 Å². The van der Waals surface area contributed by atoms with Crippen LogP contribution in [0.3, 0.4) is 0 Å². The number of hydrogen-bond donors (Lipinski definition) is 1. The highest BCUT2D eigenvalue weighted by atomic mass is 24.3. The van der Waals surface area contributed by atoms with Crippen molar-refractivity contribution in [3.05, 3.63) is 0 Å². The van der Waals surface area contributed by atoms with Crippen molar-refractivity contribution in [3.8, 4) is 0 Å². The normalized spacial score (nSPS) is 12.3. The third kappa shape index (κ3) is 6.61. The van der Waals surface area contributed by atoms with Gasteiger partial charge in [0.05, 0.1) is 0 Å². The molecule has 0 heterocycles. The Hall–Kier alpha value is 0.726. The molecule has 0 saturated heterocycles. The Balaban J connectivity index is 0. The Morgan fingerprint density at radius 3 is 2.00 bits per heavy atom. The second kappa shape index (κ2) is 8.73. The van der Waals surface area contributed by atoms with Crippen molar-refractivity contribution in [2.75, 3.05) is 6.61 Å². The third-order valence-electron chi connectivity index (χ3n) is 1.53. The van der Waals surface area contributed by atoms with Crippen molar-refractivity contribution in [1.29, 1.82) is 0 Å². The summed E-state index contributed by atoms with van der Waals surface area (Å²) in [4.78, 5) is 0. The largest absolute Gasteiger partial charge is 0.396 e. The molecule has 1 unspecified atom stereocenters. The monoisotopic (exact) mass is 142 g/mol. The molecule has 0 rings (SSSR count). The lowest BCUT2D eigenvalue weighted by Gasteiger charge is -2.07. The molecule has 0 aromatic heterocycles. The summed E-state index contributed by atoms with van der Waals surface area (Å²) in [5.41, 5.74) is 0. The van der Waals surface area contributed by atoms with Crippen LogP contribution in [0.25, 0.3) is 0 Å². The van der Waals surface area contributed by atoms with E-state index in [1.54, 1.807) is 0 Å². The molecule has 1 N–H and O–H groups in total. The first-order chi connectivity index (χ1) is 3.85. The van der Waals surface area contributed by atoms with E-state index in [4.69, 9.17) is 5.11 Å². The highest BCUT2D eigenvalue weighted by Crippen LogP contribution is 2.08. The molecule has 0 fully saturated rings. The number of aliphatic hydroxyl groups excluding tert-OH is 1. The molecule has 1 atom stereocenters. The van der Waals surface area contributed by atoms with Gasteiger partial charge in [0.1, 0.15) is 0 Å². The zero-order chi connectivity index (χ0) is 6.41. The van der Waals surface area contributed by atoms with Crippen molar-refractivity contribution >= 4 is 23.1 Å². The highest BCUT2D eigenvalue weighted by Gasteiger charge is 2.00. The van der Waals surface area contributed by atoms with Crippen LogP contribution in [-0.4, -0.2) is 34.8 Å². The molecule has 0 spiro atoms. The second-order valence-electron chi connectivity index (χ2n) is 2.25. The summed E-state index contributed by atoms with van der Waals surface area (Å²) in [7, 11) is 0. The first-order valence-corrected chi connectivity index (χ1v) is 3.46. The van der Waals surface area contributed by atoms with Gasteiger partial charge in [-0.15, -0.1) is 0 Å². The van der Waals surface area contributed by atoms with Gasteiger partial charge in [0.25, 0.3) is 0 Å². The Labute approximate surface area is 74.0 Å². The van der Waals surface area contributed by atoms with E-state index in [1.807, 2.05) is 0 Å². The van der Waals surface area contributed by atoms with Crippen LogP contribution in [0.1, 0.15) is 33.1 Å². The quantitative estimate of drug-likeness (QED) is 0.578. The lowest BCUT2D eigenvalue weighted by Crippen LogP contribution is -2.02. The van der Waals surface area contributed by atoms with Crippen LogP contribution in [0, 0.1) is 5.92 Å². The average Bonchev–Trinajstić information content (AvgIpc) is 1.83. The molecule has 1 nitrogen and oxygen atoms in total. The van der Waals surface area contributed by atoms with Gasteiger partial charge in [-0.05, 0) is 12.3 Å². The minimum Gasteiger partial charge on any atom is -0.396 e. The van der Waals surface area contributed by atoms with E-state index in [2.05, 4.69) is 13.8 Å². The lowest BCUT2D eigenvalue weighted by molar-refractivity contribution is 0.214. The van der Waals surface area contributed by atoms with Gasteiger partial charge in [-0.25, -0.2) is 0 Å². The van der Waals surface area contributed by atoms with Crippen LogP contribution < -0.4 is 0 Å². The minimum absolute atomic E-state index is 0. The fourth-order valence-corrected chi connectivity index (χ4v) is 0.833. The van der Waals surface area contributed by atoms with Crippen LogP contribution >= 0.6 is 0 Å². The Morgan fingerprint density at radius 2 is 1.89 bits per heavy atom. The molecule has 9 heavy (non-hydrogen) atoms. The molecule has 0 radical (unpaired) electrons. The lowest BCUT2D eigenvalue weighted by atomic mass is 10.0. The molecule has 2 heteroatoms. The molecule has 0 bridgehead atoms. The standard InChI is InChI=1S/C7H16O.Mg.2H/c1-3-5-7(4-2)6-8;;;/h7-8H,3-6H2,1-2H3;;;. The van der Waals surface area contributed by atoms with Crippen molar-refractivity contribution in [1.82, 2.24) is 0 Å². The summed E-state index contributed by atoms with van der Waals surface area (Å²) in [5.74, 6) is 0.556. The van der Waals surface area contributed by atoms with Crippen LogP contribution in [0.4, 0.5) is 0 Å². The molecule has 0 aliphatic carbocycles. The van der Waals surface area contributed by atoms with E-state index in [0.29, 0.717) is 12.5 Å². The van der Waals surface area contributed by atoms with Gasteiger partial charge in [0.15, 0.2) is 0 Å². The highest BCUT2D eigenvalue weighted by molar-refractivity contribution is 5.75. The van der Waals surface area contributed by atoms with Gasteiger partial charge in [-0.3, -0.25) is 0 Å². The molecular formula is C7H18MgO. The van der Waals surface area contributed by atoms with Crippen LogP contribution in [0.2, 0.25) is 0 Å². The van der Waals surface area contributed by atoms with E-state index >= 15 is 0 Å². The van der Waals surface area contributed by atoms with Gasteiger partial charge >= 0.3 is 23.1 Å². The van der Waals surface area contributed by atoms with Gasteiger partial charge in [-0.1, -0.05) is 26.7 Å². The SMILES string of the molecule is CCCC(CC)CO.[MgH2]. The molecular weight excluding hydrogens is 124 g/mol. The van der Waals surface area contributed by atoms with Crippen LogP contribution in [0.15, 0.2) is 0 Å². The van der Waals surface area contributed by atoms with Crippen molar-refractivity contribution in [2.24, 2.45) is 5.92 Å². The predicted octanol–water partition coefficient (Wildman–Crippen LogP) is 0.889. The van der Waals surface area contributed by atoms with E-state index in [9.17, 15) is 0 Å². The van der Waals surface area contributed by atoms with E-state index in [-0.39, 0.29) is 23.1 Å². The summed E-state index contributed by atoms with van der Waals surface area (Å²) < 4.78 is 0. The van der Waals surface area contributed by atoms with Crippen molar-refractivity contribution in [3.63, 3.8) is 0 Å². The molecule has 0 aliphatic heterocycles. The maximum atomic E-state index is 8.66. The van der Waals surface area contributed by atoms with Gasteiger partial charge in [0, 0.05) is 6.61 Å². The fraction of sp³-hybridized carbons (Fsp3) is 1.00. The zero-order valence-electron chi connectivity index (χ0n) is 5.85. The van der Waals surface area contributed by atoms with Gasteiger partial charge < -0.3 is 5.11 Å². The summed E-state index contributed by atoms with van der Waals surface area (Å²) in [6.07, 6.45) is 3.48. The predicted molar refractivity (Wildman–Crippen MR) is 44.3 cm³/mol. The summed E-state index contributed by atoms with van der Waals surface area (Å²) >= 11 is 0. The van der Waals surface area contributed by atoms with E-state index in [1.165, 1.54) is 12.8 Å². The third-order valence-corrected chi connectivity index (χ3v) is 1.53. The molecule has 0 amide bonds. The maximum absolute atomic E-state index is 8.66. The molecule has 0 aliphatic rings. The Kier molecular flexibility index (Phi) is 12.0. The smallest absolute Gasteiger partial charge is 0.316 e. The summed E-state index contributed by atoms with van der Waals surface area (Å²) in [5, 5.41) is 8.66. The number of rotatable bonds is 4. The van der Waals surface area contributed by atoms with Crippen molar-refractivity contribution < 1.29 is 5.11 Å². The van der Waals surface area contributed by atoms with Gasteiger partial charge in [0.2, 0.25) is 0 Å². The van der Waals surface area contributed by atoms with E-state index < -0.39 is 0 Å². The zero-order valence-corrected chi connectivity index (χ0v) is 5.85. The molecule has 0 saturated carbocycles. The number of hydrogen-bond acceptors (Lipinski definition) is 1. The first-order valence-electron chi connectivity index (χ1n) is 3.46. The Morgan fingerprint density at radius 1 is 1.33 bits per heavy atom. The topological polar surface area (TPSA) is 20.2 Å². The van der Waals surface area contributed by atoms with E-state index in [0.717, 1.165) is 6.42 Å². The van der Waals surface area contributed by atoms with Gasteiger partial charge in [-0.2, -0.15) is 0 Å². The average molecular weight is 143 g/mol. The molecule has 54 valence electrons. The molecule has 0 aromatic rings. The van der Waals surface area contributed by atoms with Crippen LogP contribution in [-0.2, 0) is 0 Å².